The number of H-pyrrole nitrogens is 1. The third kappa shape index (κ3) is 4.39. The minimum Gasteiger partial charge on any atom is -0.387 e. The maximum Gasteiger partial charge on any atom is 0.254 e. The molecule has 7 heteroatoms. The molecule has 7 nitrogen and oxygen atoms in total. The van der Waals surface area contributed by atoms with Crippen molar-refractivity contribution in [3.63, 3.8) is 0 Å². The number of likely N-dealkylation sites (N-methyl/N-ethyl adjacent to an activating group) is 1. The molecule has 1 aromatic heterocycles. The number of nitrogens with one attached hydrogen (secondary N) is 1. The Kier molecular flexibility index (Phi) is 5.21. The average molecular weight is 322 g/mol. The van der Waals surface area contributed by atoms with Crippen LogP contribution in [0, 0.1) is 13.8 Å². The van der Waals surface area contributed by atoms with Crippen molar-refractivity contribution in [1.29, 1.82) is 0 Å². The molecule has 1 fully saturated rings. The van der Waals surface area contributed by atoms with Crippen LogP contribution in [0.3, 0.4) is 0 Å². The van der Waals surface area contributed by atoms with Gasteiger partial charge >= 0.3 is 0 Å². The second-order valence-electron chi connectivity index (χ2n) is 6.77. The van der Waals surface area contributed by atoms with Crippen LogP contribution in [0.1, 0.15) is 29.9 Å². The number of amides is 1. The number of piperidine rings is 1. The molecule has 1 saturated heterocycles. The third-order valence-electron chi connectivity index (χ3n) is 4.19. The first-order valence-corrected chi connectivity index (χ1v) is 7.91. The Morgan fingerprint density at radius 2 is 2.13 bits per heavy atom. The number of aromatic amines is 1. The van der Waals surface area contributed by atoms with Crippen molar-refractivity contribution >= 4 is 5.91 Å². The second kappa shape index (κ2) is 6.80. The van der Waals surface area contributed by atoms with Crippen LogP contribution in [0.5, 0.6) is 0 Å². The lowest BCUT2D eigenvalue weighted by atomic mass is 9.92. The second-order valence-corrected chi connectivity index (χ2v) is 6.77. The van der Waals surface area contributed by atoms with Crippen LogP contribution < -0.4 is 5.56 Å². The van der Waals surface area contributed by atoms with Crippen molar-refractivity contribution in [3.8, 4) is 0 Å². The summed E-state index contributed by atoms with van der Waals surface area (Å²) < 4.78 is 0. The van der Waals surface area contributed by atoms with Crippen LogP contribution in [0.15, 0.2) is 4.79 Å². The van der Waals surface area contributed by atoms with Gasteiger partial charge in [0.1, 0.15) is 5.82 Å². The van der Waals surface area contributed by atoms with E-state index in [0.717, 1.165) is 6.42 Å². The molecule has 0 saturated carbocycles. The van der Waals surface area contributed by atoms with E-state index in [9.17, 15) is 14.7 Å². The summed E-state index contributed by atoms with van der Waals surface area (Å²) in [4.78, 5) is 35.0. The number of hydrogen-bond donors (Lipinski definition) is 2. The van der Waals surface area contributed by atoms with Gasteiger partial charge in [-0.25, -0.2) is 4.98 Å². The van der Waals surface area contributed by atoms with Gasteiger partial charge in [0, 0.05) is 24.3 Å². The van der Waals surface area contributed by atoms with Crippen LogP contribution in [-0.2, 0) is 11.2 Å². The van der Waals surface area contributed by atoms with E-state index in [4.69, 9.17) is 0 Å². The van der Waals surface area contributed by atoms with Gasteiger partial charge in [-0.15, -0.1) is 0 Å². The first-order chi connectivity index (χ1) is 10.7. The predicted octanol–water partition coefficient (Wildman–Crippen LogP) is -0.156. The van der Waals surface area contributed by atoms with E-state index in [-0.39, 0.29) is 17.9 Å². The molecule has 0 aliphatic carbocycles. The normalized spacial score (nSPS) is 21.7. The van der Waals surface area contributed by atoms with E-state index in [1.807, 2.05) is 19.0 Å². The largest absolute Gasteiger partial charge is 0.387 e. The van der Waals surface area contributed by atoms with Crippen molar-refractivity contribution < 1.29 is 9.90 Å². The zero-order chi connectivity index (χ0) is 17.2. The van der Waals surface area contributed by atoms with Crippen molar-refractivity contribution in [3.05, 3.63) is 27.4 Å². The summed E-state index contributed by atoms with van der Waals surface area (Å²) in [7, 11) is 3.80. The van der Waals surface area contributed by atoms with Crippen molar-refractivity contribution in [2.24, 2.45) is 0 Å². The average Bonchev–Trinajstić information content (AvgIpc) is 2.41. The van der Waals surface area contributed by atoms with Gasteiger partial charge in [0.05, 0.1) is 18.6 Å². The summed E-state index contributed by atoms with van der Waals surface area (Å²) >= 11 is 0. The molecule has 2 heterocycles. The first kappa shape index (κ1) is 17.6. The minimum absolute atomic E-state index is 0.0203. The molecule has 1 atom stereocenters. The molecule has 2 N–H and O–H groups in total. The Labute approximate surface area is 136 Å². The Balaban J connectivity index is 2.11. The summed E-state index contributed by atoms with van der Waals surface area (Å²) in [6.07, 6.45) is 1.46. The van der Waals surface area contributed by atoms with Gasteiger partial charge in [-0.2, -0.15) is 0 Å². The fourth-order valence-corrected chi connectivity index (χ4v) is 3.27. The number of rotatable bonds is 4. The molecule has 0 aromatic carbocycles. The number of β-amino-alcohol motifs (C(OH)–C–C–N with tert-alkyl or cyclic N) is 1. The minimum atomic E-state index is -0.885. The lowest BCUT2D eigenvalue weighted by Gasteiger charge is -2.40. The number of aryl methyl sites for hydroxylation is 2. The summed E-state index contributed by atoms with van der Waals surface area (Å²) in [5.74, 6) is 0.406. The highest BCUT2D eigenvalue weighted by Gasteiger charge is 2.35. The predicted molar refractivity (Wildman–Crippen MR) is 87.4 cm³/mol. The number of aromatic nitrogens is 2. The molecule has 1 aliphatic rings. The third-order valence-corrected chi connectivity index (χ3v) is 4.19. The lowest BCUT2D eigenvalue weighted by molar-refractivity contribution is -0.138. The highest BCUT2D eigenvalue weighted by Crippen LogP contribution is 2.22. The van der Waals surface area contributed by atoms with E-state index in [1.165, 1.54) is 0 Å². The fourth-order valence-electron chi connectivity index (χ4n) is 3.27. The summed E-state index contributed by atoms with van der Waals surface area (Å²) in [6.45, 7) is 4.89. The van der Waals surface area contributed by atoms with Crippen LogP contribution >= 0.6 is 0 Å². The zero-order valence-corrected chi connectivity index (χ0v) is 14.3. The highest BCUT2D eigenvalue weighted by atomic mass is 16.3. The van der Waals surface area contributed by atoms with Crippen molar-refractivity contribution in [1.82, 2.24) is 19.8 Å². The number of nitrogens with zero attached hydrogens (tertiary/aromatic N) is 3. The van der Waals surface area contributed by atoms with Crippen molar-refractivity contribution in [2.45, 2.75) is 38.7 Å². The van der Waals surface area contributed by atoms with Crippen LogP contribution in [0.4, 0.5) is 0 Å². The van der Waals surface area contributed by atoms with Gasteiger partial charge in [-0.05, 0) is 40.8 Å². The molecular weight excluding hydrogens is 296 g/mol. The summed E-state index contributed by atoms with van der Waals surface area (Å²) in [6, 6.07) is 0. The molecule has 1 amide bonds. The van der Waals surface area contributed by atoms with E-state index < -0.39 is 5.60 Å². The molecule has 1 aromatic rings. The number of likely N-dealkylation sites (tertiary alicyclic amines) is 1. The fraction of sp³-hybridized carbons (Fsp3) is 0.688. The molecule has 1 unspecified atom stereocenters. The molecule has 1 aliphatic heterocycles. The highest BCUT2D eigenvalue weighted by molar-refractivity contribution is 5.79. The van der Waals surface area contributed by atoms with Gasteiger partial charge in [-0.3, -0.25) is 9.59 Å². The Bertz CT molecular complexity index is 641. The van der Waals surface area contributed by atoms with Gasteiger partial charge in [0.2, 0.25) is 5.91 Å². The van der Waals surface area contributed by atoms with E-state index in [0.29, 0.717) is 43.1 Å². The summed E-state index contributed by atoms with van der Waals surface area (Å²) in [5.41, 5.74) is -0.156. The SMILES string of the molecule is Cc1nc(C)c(CC(=O)N2CCCC(O)(CN(C)C)C2)c(=O)[nH]1. The van der Waals surface area contributed by atoms with Crippen LogP contribution in [-0.4, -0.2) is 70.1 Å². The van der Waals surface area contributed by atoms with Crippen LogP contribution in [0.2, 0.25) is 0 Å². The zero-order valence-electron chi connectivity index (χ0n) is 14.3. The Morgan fingerprint density at radius 1 is 1.43 bits per heavy atom. The number of hydrogen-bond acceptors (Lipinski definition) is 5. The van der Waals surface area contributed by atoms with Gasteiger partial charge in [0.25, 0.3) is 5.56 Å². The smallest absolute Gasteiger partial charge is 0.254 e. The molecule has 0 spiro atoms. The molecule has 0 radical (unpaired) electrons. The topological polar surface area (TPSA) is 89.5 Å². The maximum absolute atomic E-state index is 12.6. The van der Waals surface area contributed by atoms with E-state index in [1.54, 1.807) is 18.7 Å². The van der Waals surface area contributed by atoms with Gasteiger partial charge < -0.3 is 19.9 Å². The molecule has 128 valence electrons. The first-order valence-electron chi connectivity index (χ1n) is 7.91. The van der Waals surface area contributed by atoms with Crippen LogP contribution in [0.25, 0.3) is 0 Å². The Morgan fingerprint density at radius 3 is 2.74 bits per heavy atom. The number of carbonyl (C=O) groups is 1. The maximum atomic E-state index is 12.6. The summed E-state index contributed by atoms with van der Waals surface area (Å²) in [5, 5.41) is 10.7. The monoisotopic (exact) mass is 322 g/mol. The number of carbonyl (C=O) groups excluding carboxylic acids is 1. The van der Waals surface area contributed by atoms with E-state index in [2.05, 4.69) is 9.97 Å². The Hall–Kier alpha value is -1.73. The number of aliphatic hydroxyl groups is 1. The molecule has 0 bridgehead atoms. The standard InChI is InChI=1S/C16H26N4O3/c1-11-13(15(22)18-12(2)17-11)8-14(21)20-7-5-6-16(23,10-20)9-19(3)4/h23H,5-10H2,1-4H3,(H,17,18,22). The van der Waals surface area contributed by atoms with Gasteiger partial charge in [-0.1, -0.05) is 0 Å². The van der Waals surface area contributed by atoms with Crippen molar-refractivity contribution in [2.75, 3.05) is 33.7 Å². The quantitative estimate of drug-likeness (QED) is 0.804. The molecule has 23 heavy (non-hydrogen) atoms. The van der Waals surface area contributed by atoms with Gasteiger partial charge in [0.15, 0.2) is 0 Å². The molecule has 2 rings (SSSR count). The lowest BCUT2D eigenvalue weighted by Crippen LogP contribution is -2.55. The van der Waals surface area contributed by atoms with E-state index >= 15 is 0 Å². The molecular formula is C16H26N4O3.